The molecule has 0 N–H and O–H groups in total. The van der Waals surface area contributed by atoms with Crippen molar-refractivity contribution in [2.24, 2.45) is 0 Å². The average molecular weight is 521 g/mol. The molecule has 0 spiro atoms. The first-order chi connectivity index (χ1) is 17.8. The molecule has 10 heteroatoms. The first-order valence-electron chi connectivity index (χ1n) is 12.0. The number of aromatic nitrogens is 2. The minimum absolute atomic E-state index is 0.0156. The van der Waals surface area contributed by atoms with Crippen molar-refractivity contribution in [3.05, 3.63) is 88.8 Å². The van der Waals surface area contributed by atoms with Crippen LogP contribution in [0.3, 0.4) is 0 Å². The number of aryl methyl sites for hydroxylation is 1. The topological polar surface area (TPSA) is 93.8 Å². The molecule has 2 heterocycles. The summed E-state index contributed by atoms with van der Waals surface area (Å²) in [6, 6.07) is 20.7. The van der Waals surface area contributed by atoms with E-state index in [4.69, 9.17) is 4.74 Å². The number of piperazine rings is 1. The van der Waals surface area contributed by atoms with E-state index >= 15 is 0 Å². The summed E-state index contributed by atoms with van der Waals surface area (Å²) in [6.07, 6.45) is 0. The lowest BCUT2D eigenvalue weighted by atomic mass is 10.2. The van der Waals surface area contributed by atoms with Crippen molar-refractivity contribution < 1.29 is 17.9 Å². The van der Waals surface area contributed by atoms with Crippen LogP contribution in [0.1, 0.15) is 5.56 Å². The third kappa shape index (κ3) is 4.48. The molecule has 4 aromatic rings. The number of benzene rings is 3. The number of nitrogens with zero attached hydrogens (tertiary/aromatic N) is 4. The first-order valence-corrected chi connectivity index (χ1v) is 13.4. The molecular weight excluding hydrogens is 492 g/mol. The summed E-state index contributed by atoms with van der Waals surface area (Å²) >= 11 is 0. The van der Waals surface area contributed by atoms with Gasteiger partial charge in [0.25, 0.3) is 10.0 Å². The fraction of sp³-hybridized carbons (Fsp3) is 0.259. The normalized spacial score (nSPS) is 14.2. The number of fused-ring (bicyclic) bond motifs is 1. The second-order valence-electron chi connectivity index (χ2n) is 8.98. The number of carbonyl (C=O) groups excluding carboxylic acids is 1. The van der Waals surface area contributed by atoms with Crippen molar-refractivity contribution in [3.8, 4) is 5.75 Å². The predicted octanol–water partition coefficient (Wildman–Crippen LogP) is 2.71. The van der Waals surface area contributed by atoms with Gasteiger partial charge in [0, 0.05) is 26.2 Å². The van der Waals surface area contributed by atoms with Crippen LogP contribution in [0.4, 0.5) is 5.69 Å². The van der Waals surface area contributed by atoms with E-state index in [0.717, 1.165) is 21.0 Å². The van der Waals surface area contributed by atoms with Crippen LogP contribution in [-0.4, -0.2) is 61.1 Å². The maximum Gasteiger partial charge on any atom is 0.343 e. The molecule has 5 rings (SSSR count). The van der Waals surface area contributed by atoms with E-state index < -0.39 is 15.7 Å². The summed E-state index contributed by atoms with van der Waals surface area (Å²) in [7, 11) is -2.53. The maximum absolute atomic E-state index is 13.5. The summed E-state index contributed by atoms with van der Waals surface area (Å²) in [5, 5.41) is 0. The summed E-state index contributed by atoms with van der Waals surface area (Å²) in [5.41, 5.74) is 1.75. The average Bonchev–Trinajstić information content (AvgIpc) is 3.20. The maximum atomic E-state index is 13.5. The lowest BCUT2D eigenvalue weighted by Crippen LogP contribution is -2.50. The SMILES string of the molecule is COc1ccccc1N1CCN(C(=O)Cn2c(=O)n(S(=O)(=O)c3ccc(C)cc3)c3ccccc32)CC1. The van der Waals surface area contributed by atoms with Gasteiger partial charge in [-0.25, -0.2) is 13.2 Å². The van der Waals surface area contributed by atoms with E-state index in [2.05, 4.69) is 4.90 Å². The van der Waals surface area contributed by atoms with Crippen molar-refractivity contribution in [1.29, 1.82) is 0 Å². The number of carbonyl (C=O) groups is 1. The number of ether oxygens (including phenoxy) is 1. The van der Waals surface area contributed by atoms with Crippen LogP contribution < -0.4 is 15.3 Å². The zero-order valence-corrected chi connectivity index (χ0v) is 21.5. The van der Waals surface area contributed by atoms with E-state index in [1.54, 1.807) is 48.4 Å². The highest BCUT2D eigenvalue weighted by atomic mass is 32.2. The van der Waals surface area contributed by atoms with Crippen LogP contribution in [0.2, 0.25) is 0 Å². The smallest absolute Gasteiger partial charge is 0.343 e. The zero-order chi connectivity index (χ0) is 26.2. The molecule has 1 fully saturated rings. The van der Waals surface area contributed by atoms with E-state index in [9.17, 15) is 18.0 Å². The number of anilines is 1. The number of hydrogen-bond acceptors (Lipinski definition) is 6. The van der Waals surface area contributed by atoms with Gasteiger partial charge in [-0.3, -0.25) is 9.36 Å². The van der Waals surface area contributed by atoms with Crippen molar-refractivity contribution >= 4 is 32.7 Å². The fourth-order valence-corrected chi connectivity index (χ4v) is 6.11. The van der Waals surface area contributed by atoms with E-state index in [1.165, 1.54) is 16.7 Å². The number of methoxy groups -OCH3 is 1. The standard InChI is InChI=1S/C27H28N4O5S/c1-20-11-13-21(14-12-20)37(34,35)31-23-8-4-3-7-22(23)30(27(31)33)19-26(32)29-17-15-28(16-18-29)24-9-5-6-10-25(24)36-2/h3-14H,15-19H2,1-2H3. The largest absolute Gasteiger partial charge is 0.495 e. The molecule has 37 heavy (non-hydrogen) atoms. The van der Waals surface area contributed by atoms with E-state index in [1.807, 2.05) is 31.2 Å². The molecule has 1 amide bonds. The van der Waals surface area contributed by atoms with Crippen molar-refractivity contribution in [3.63, 3.8) is 0 Å². The van der Waals surface area contributed by atoms with E-state index in [0.29, 0.717) is 31.7 Å². The Bertz CT molecular complexity index is 1610. The molecule has 1 aliphatic heterocycles. The number of para-hydroxylation sites is 4. The first kappa shape index (κ1) is 24.6. The third-order valence-corrected chi connectivity index (χ3v) is 8.41. The Morgan fingerprint density at radius 2 is 1.49 bits per heavy atom. The molecule has 0 unspecified atom stereocenters. The van der Waals surface area contributed by atoms with Crippen LogP contribution in [0.25, 0.3) is 11.0 Å². The minimum atomic E-state index is -4.16. The summed E-state index contributed by atoms with van der Waals surface area (Å²) < 4.78 is 34.4. The molecule has 0 atom stereocenters. The van der Waals surface area contributed by atoms with Gasteiger partial charge < -0.3 is 14.5 Å². The van der Waals surface area contributed by atoms with Gasteiger partial charge in [0.15, 0.2) is 0 Å². The Kier molecular flexibility index (Phi) is 6.51. The van der Waals surface area contributed by atoms with Gasteiger partial charge in [-0.1, -0.05) is 42.0 Å². The second kappa shape index (κ2) is 9.78. The van der Waals surface area contributed by atoms with Crippen LogP contribution in [0.15, 0.2) is 82.5 Å². The minimum Gasteiger partial charge on any atom is -0.495 e. The molecule has 0 bridgehead atoms. The Morgan fingerprint density at radius 1 is 0.865 bits per heavy atom. The highest BCUT2D eigenvalue weighted by Crippen LogP contribution is 2.28. The number of hydrogen-bond donors (Lipinski definition) is 0. The molecule has 3 aromatic carbocycles. The Balaban J connectivity index is 1.41. The highest BCUT2D eigenvalue weighted by molar-refractivity contribution is 7.90. The Morgan fingerprint density at radius 3 is 2.16 bits per heavy atom. The molecule has 0 radical (unpaired) electrons. The molecular formula is C27H28N4O5S. The lowest BCUT2D eigenvalue weighted by Gasteiger charge is -2.36. The molecule has 1 saturated heterocycles. The number of amides is 1. The van der Waals surface area contributed by atoms with Crippen LogP contribution in [-0.2, 0) is 21.4 Å². The van der Waals surface area contributed by atoms with Gasteiger partial charge in [0.05, 0.1) is 28.7 Å². The van der Waals surface area contributed by atoms with Crippen LogP contribution in [0, 0.1) is 6.92 Å². The van der Waals surface area contributed by atoms with Crippen molar-refractivity contribution in [2.45, 2.75) is 18.4 Å². The van der Waals surface area contributed by atoms with Gasteiger partial charge >= 0.3 is 5.69 Å². The summed E-state index contributed by atoms with van der Waals surface area (Å²) in [5.74, 6) is 0.536. The predicted molar refractivity (Wildman–Crippen MR) is 142 cm³/mol. The zero-order valence-electron chi connectivity index (χ0n) is 20.7. The quantitative estimate of drug-likeness (QED) is 0.388. The Labute approximate surface area is 215 Å². The summed E-state index contributed by atoms with van der Waals surface area (Å²) in [6.45, 7) is 3.80. The Hall–Kier alpha value is -4.05. The van der Waals surface area contributed by atoms with Gasteiger partial charge in [-0.2, -0.15) is 3.97 Å². The second-order valence-corrected chi connectivity index (χ2v) is 10.8. The van der Waals surface area contributed by atoms with Crippen LogP contribution >= 0.6 is 0 Å². The molecule has 1 aromatic heterocycles. The number of imidazole rings is 1. The molecule has 0 aliphatic carbocycles. The summed E-state index contributed by atoms with van der Waals surface area (Å²) in [4.78, 5) is 30.6. The molecule has 1 aliphatic rings. The lowest BCUT2D eigenvalue weighted by molar-refractivity contribution is -0.132. The van der Waals surface area contributed by atoms with Crippen molar-refractivity contribution in [2.75, 3.05) is 38.2 Å². The third-order valence-electron chi connectivity index (χ3n) is 6.71. The van der Waals surface area contributed by atoms with Gasteiger partial charge in [0.2, 0.25) is 5.91 Å². The highest BCUT2D eigenvalue weighted by Gasteiger charge is 2.28. The van der Waals surface area contributed by atoms with Crippen LogP contribution in [0.5, 0.6) is 5.75 Å². The van der Waals surface area contributed by atoms with E-state index in [-0.39, 0.29) is 22.9 Å². The van der Waals surface area contributed by atoms with Gasteiger partial charge in [-0.15, -0.1) is 0 Å². The molecule has 0 saturated carbocycles. The van der Waals surface area contributed by atoms with Crippen molar-refractivity contribution in [1.82, 2.24) is 13.4 Å². The fourth-order valence-electron chi connectivity index (χ4n) is 4.70. The van der Waals surface area contributed by atoms with Gasteiger partial charge in [-0.05, 0) is 43.3 Å². The molecule has 9 nitrogen and oxygen atoms in total. The number of rotatable bonds is 6. The monoisotopic (exact) mass is 520 g/mol. The van der Waals surface area contributed by atoms with Gasteiger partial charge in [0.1, 0.15) is 12.3 Å². The molecule has 192 valence electrons.